The minimum Gasteiger partial charge on any atom is -0.487 e. The number of H-pyrrole nitrogens is 2. The Morgan fingerprint density at radius 2 is 1.70 bits per heavy atom. The number of aromatic nitrogens is 2. The van der Waals surface area contributed by atoms with Gasteiger partial charge >= 0.3 is 11.1 Å². The number of benzene rings is 2. The van der Waals surface area contributed by atoms with Crippen molar-refractivity contribution in [2.24, 2.45) is 0 Å². The molecule has 2 aromatic carbocycles. The molecule has 2 heterocycles. The van der Waals surface area contributed by atoms with Crippen molar-refractivity contribution in [3.8, 4) is 5.75 Å². The van der Waals surface area contributed by atoms with E-state index in [4.69, 9.17) is 4.74 Å². The van der Waals surface area contributed by atoms with Crippen LogP contribution in [0.15, 0.2) is 50.9 Å². The molecule has 0 saturated heterocycles. The van der Waals surface area contributed by atoms with E-state index in [9.17, 15) is 18.0 Å². The highest BCUT2D eigenvalue weighted by atomic mass is 32.2. The van der Waals surface area contributed by atoms with Crippen molar-refractivity contribution in [2.75, 3.05) is 10.8 Å². The first-order valence-electron chi connectivity index (χ1n) is 8.33. The Hall–Kier alpha value is -3.07. The summed E-state index contributed by atoms with van der Waals surface area (Å²) in [6.07, 6.45) is -0.313. The Kier molecular flexibility index (Phi) is 3.84. The zero-order valence-corrected chi connectivity index (χ0v) is 15.5. The lowest BCUT2D eigenvalue weighted by molar-refractivity contribution is 0.219. The van der Waals surface area contributed by atoms with E-state index in [1.165, 1.54) is 16.4 Å². The molecule has 9 heteroatoms. The number of aromatic amines is 2. The second kappa shape index (κ2) is 5.98. The van der Waals surface area contributed by atoms with Crippen LogP contribution >= 0.6 is 0 Å². The van der Waals surface area contributed by atoms with Gasteiger partial charge in [0.1, 0.15) is 11.9 Å². The van der Waals surface area contributed by atoms with Crippen molar-refractivity contribution in [1.29, 1.82) is 0 Å². The fourth-order valence-corrected chi connectivity index (χ4v) is 5.01. The van der Waals surface area contributed by atoms with Gasteiger partial charge in [-0.25, -0.2) is 8.42 Å². The van der Waals surface area contributed by atoms with Crippen molar-refractivity contribution in [3.63, 3.8) is 0 Å². The molecule has 0 bridgehead atoms. The summed E-state index contributed by atoms with van der Waals surface area (Å²) >= 11 is 0. The molecule has 3 aromatic rings. The van der Waals surface area contributed by atoms with Gasteiger partial charge in [0.2, 0.25) is 0 Å². The number of nitrogens with one attached hydrogen (secondary N) is 2. The number of nitrogens with zero attached hydrogens (tertiary/aromatic N) is 1. The summed E-state index contributed by atoms with van der Waals surface area (Å²) in [5.41, 5.74) is -0.0782. The van der Waals surface area contributed by atoms with Crippen LogP contribution in [0.2, 0.25) is 0 Å². The molecule has 1 aromatic heterocycles. The van der Waals surface area contributed by atoms with Crippen LogP contribution in [0.25, 0.3) is 11.0 Å². The molecular weight excluding hydrogens is 370 g/mol. The van der Waals surface area contributed by atoms with Crippen LogP contribution in [0.1, 0.15) is 12.5 Å². The molecule has 0 spiro atoms. The highest BCUT2D eigenvalue weighted by molar-refractivity contribution is 7.93. The third kappa shape index (κ3) is 2.80. The van der Waals surface area contributed by atoms with E-state index in [1.54, 1.807) is 38.1 Å². The van der Waals surface area contributed by atoms with Gasteiger partial charge in [0.05, 0.1) is 28.2 Å². The van der Waals surface area contributed by atoms with Crippen molar-refractivity contribution in [1.82, 2.24) is 9.97 Å². The van der Waals surface area contributed by atoms with E-state index in [-0.39, 0.29) is 23.1 Å². The van der Waals surface area contributed by atoms with Gasteiger partial charge in [-0.3, -0.25) is 13.9 Å². The number of fused-ring (bicyclic) bond motifs is 2. The van der Waals surface area contributed by atoms with Gasteiger partial charge in [0.25, 0.3) is 10.0 Å². The van der Waals surface area contributed by atoms with Crippen molar-refractivity contribution < 1.29 is 13.2 Å². The SMILES string of the molecule is Cc1cc2[nH]c(=O)c(=O)[nH]c2cc1S(=O)(=O)N1C[C@@H](C)Oc2ccccc21. The summed E-state index contributed by atoms with van der Waals surface area (Å²) in [4.78, 5) is 28.0. The quantitative estimate of drug-likeness (QED) is 0.647. The first-order chi connectivity index (χ1) is 12.8. The van der Waals surface area contributed by atoms with E-state index >= 15 is 0 Å². The van der Waals surface area contributed by atoms with Gasteiger partial charge in [0, 0.05) is 0 Å². The van der Waals surface area contributed by atoms with E-state index in [1.807, 2.05) is 0 Å². The molecule has 2 N–H and O–H groups in total. The molecule has 27 heavy (non-hydrogen) atoms. The van der Waals surface area contributed by atoms with Crippen LogP contribution in [-0.4, -0.2) is 31.0 Å². The van der Waals surface area contributed by atoms with Gasteiger partial charge in [-0.1, -0.05) is 12.1 Å². The monoisotopic (exact) mass is 387 g/mol. The Bertz CT molecular complexity index is 1280. The number of para-hydroxylation sites is 2. The molecule has 1 atom stereocenters. The summed E-state index contributed by atoms with van der Waals surface area (Å²) in [7, 11) is -3.91. The third-order valence-corrected chi connectivity index (χ3v) is 6.39. The summed E-state index contributed by atoms with van der Waals surface area (Å²) < 4.78 is 33.9. The average Bonchev–Trinajstić information content (AvgIpc) is 2.61. The molecule has 4 rings (SSSR count). The molecule has 1 aliphatic heterocycles. The van der Waals surface area contributed by atoms with Crippen LogP contribution < -0.4 is 20.2 Å². The summed E-state index contributed by atoms with van der Waals surface area (Å²) in [6.45, 7) is 3.61. The van der Waals surface area contributed by atoms with Crippen molar-refractivity contribution in [3.05, 3.63) is 62.7 Å². The topological polar surface area (TPSA) is 112 Å². The molecule has 0 aliphatic carbocycles. The Morgan fingerprint density at radius 3 is 2.41 bits per heavy atom. The molecule has 0 amide bonds. The number of rotatable bonds is 2. The number of ether oxygens (including phenoxy) is 1. The molecule has 8 nitrogen and oxygen atoms in total. The smallest absolute Gasteiger partial charge is 0.314 e. The largest absolute Gasteiger partial charge is 0.487 e. The minimum atomic E-state index is -3.91. The number of sulfonamides is 1. The summed E-state index contributed by atoms with van der Waals surface area (Å²) in [5, 5.41) is 0. The maximum absolute atomic E-state index is 13.4. The zero-order valence-electron chi connectivity index (χ0n) is 14.6. The maximum Gasteiger partial charge on any atom is 0.314 e. The summed E-state index contributed by atoms with van der Waals surface area (Å²) in [5.74, 6) is 0.496. The Morgan fingerprint density at radius 1 is 1.07 bits per heavy atom. The lowest BCUT2D eigenvalue weighted by Crippen LogP contribution is -2.42. The third-order valence-electron chi connectivity index (χ3n) is 4.47. The molecule has 0 unspecified atom stereocenters. The Balaban J connectivity index is 1.92. The number of hydrogen-bond donors (Lipinski definition) is 2. The van der Waals surface area contributed by atoms with E-state index in [2.05, 4.69) is 9.97 Å². The van der Waals surface area contributed by atoms with Gasteiger partial charge in [-0.15, -0.1) is 0 Å². The second-order valence-corrected chi connectivity index (χ2v) is 8.33. The molecule has 0 radical (unpaired) electrons. The molecule has 1 aliphatic rings. The van der Waals surface area contributed by atoms with Gasteiger partial charge < -0.3 is 14.7 Å². The van der Waals surface area contributed by atoms with Crippen LogP contribution in [-0.2, 0) is 10.0 Å². The van der Waals surface area contributed by atoms with E-state index in [0.29, 0.717) is 22.5 Å². The average molecular weight is 387 g/mol. The van der Waals surface area contributed by atoms with Gasteiger partial charge in [-0.2, -0.15) is 0 Å². The van der Waals surface area contributed by atoms with Crippen LogP contribution in [0.4, 0.5) is 5.69 Å². The first-order valence-corrected chi connectivity index (χ1v) is 9.77. The molecular formula is C18H17N3O5S. The van der Waals surface area contributed by atoms with Crippen LogP contribution in [0.5, 0.6) is 5.75 Å². The number of hydrogen-bond acceptors (Lipinski definition) is 5. The van der Waals surface area contributed by atoms with Crippen molar-refractivity contribution >= 4 is 26.7 Å². The number of aryl methyl sites for hydroxylation is 1. The fourth-order valence-electron chi connectivity index (χ4n) is 3.23. The van der Waals surface area contributed by atoms with Gasteiger partial charge in [-0.05, 0) is 43.7 Å². The van der Waals surface area contributed by atoms with E-state index < -0.39 is 21.1 Å². The van der Waals surface area contributed by atoms with Crippen LogP contribution in [0.3, 0.4) is 0 Å². The number of anilines is 1. The molecule has 0 fully saturated rings. The Labute approximate surface area is 154 Å². The minimum absolute atomic E-state index is 0.0570. The van der Waals surface area contributed by atoms with Crippen molar-refractivity contribution in [2.45, 2.75) is 24.8 Å². The lowest BCUT2D eigenvalue weighted by atomic mass is 10.2. The predicted molar refractivity (Wildman–Crippen MR) is 101 cm³/mol. The second-order valence-electron chi connectivity index (χ2n) is 6.50. The maximum atomic E-state index is 13.4. The summed E-state index contributed by atoms with van der Waals surface area (Å²) in [6, 6.07) is 9.85. The zero-order chi connectivity index (χ0) is 19.3. The standard InChI is InChI=1S/C18H17N3O5S/c1-10-7-12-13(20-18(23)17(22)19-12)8-16(10)27(24,25)21-9-11(2)26-15-6-4-3-5-14(15)21/h3-8,11H,9H2,1-2H3,(H,19,22)(H,20,23)/t11-/m1/s1. The molecule has 140 valence electrons. The van der Waals surface area contributed by atoms with Crippen LogP contribution in [0, 0.1) is 6.92 Å². The lowest BCUT2D eigenvalue weighted by Gasteiger charge is -2.34. The highest BCUT2D eigenvalue weighted by Crippen LogP contribution is 2.37. The fraction of sp³-hybridized carbons (Fsp3) is 0.222. The van der Waals surface area contributed by atoms with E-state index in [0.717, 1.165) is 0 Å². The first kappa shape index (κ1) is 17.3. The molecule has 0 saturated carbocycles. The predicted octanol–water partition coefficient (Wildman–Crippen LogP) is 1.50. The highest BCUT2D eigenvalue weighted by Gasteiger charge is 2.33. The van der Waals surface area contributed by atoms with Gasteiger partial charge in [0.15, 0.2) is 0 Å². The normalized spacial score (nSPS) is 16.8.